The second-order valence-electron chi connectivity index (χ2n) is 31.0. The Balaban J connectivity index is 0.0000000993. The highest BCUT2D eigenvalue weighted by Crippen LogP contribution is 2.50. The van der Waals surface area contributed by atoms with E-state index in [9.17, 15) is 0 Å². The summed E-state index contributed by atoms with van der Waals surface area (Å²) in [5.41, 5.74) is 18.1. The molecule has 0 fully saturated rings. The fourth-order valence-electron chi connectivity index (χ4n) is 18.8. The van der Waals surface area contributed by atoms with Crippen molar-refractivity contribution in [3.63, 3.8) is 0 Å². The number of hydrogen-bond donors (Lipinski definition) is 0. The summed E-state index contributed by atoms with van der Waals surface area (Å²) in [6.07, 6.45) is 0. The second-order valence-corrected chi connectivity index (χ2v) is 35.2. The Morgan fingerprint density at radius 2 is 0.528 bits per heavy atom. The summed E-state index contributed by atoms with van der Waals surface area (Å²) >= 11 is 7.16. The largest absolute Gasteiger partial charge is 0.455 e. The Hall–Kier alpha value is -15.4. The zero-order chi connectivity index (χ0) is 80.5. The molecule has 12 heterocycles. The first-order valence-electron chi connectivity index (χ1n) is 41.0. The zero-order valence-electron chi connectivity index (χ0n) is 65.3. The minimum Gasteiger partial charge on any atom is -0.455 e. The maximum absolute atomic E-state index is 6.51. The third-order valence-electron chi connectivity index (χ3n) is 24.2. The van der Waals surface area contributed by atoms with Gasteiger partial charge in [-0.2, -0.15) is 0 Å². The van der Waals surface area contributed by atoms with E-state index in [1.807, 2.05) is 78.1 Å². The molecule has 16 aromatic carbocycles. The highest BCUT2D eigenvalue weighted by molar-refractivity contribution is 7.27. The Morgan fingerprint density at radius 3 is 1.00 bits per heavy atom. The van der Waals surface area contributed by atoms with E-state index < -0.39 is 0 Å². The Morgan fingerprint density at radius 1 is 0.203 bits per heavy atom. The van der Waals surface area contributed by atoms with Crippen molar-refractivity contribution in [3.8, 4) is 57.3 Å². The molecule has 28 rings (SSSR count). The summed E-state index contributed by atoms with van der Waals surface area (Å²) in [4.78, 5) is 31.3. The molecule has 0 N–H and O–H groups in total. The number of aromatic nitrogens is 10. The number of para-hydroxylation sites is 6. The van der Waals surface area contributed by atoms with Gasteiger partial charge in [0.15, 0.2) is 34.9 Å². The molecule has 0 atom stereocenters. The molecule has 15 heteroatoms. The van der Waals surface area contributed by atoms with E-state index in [1.165, 1.54) is 88.5 Å². The number of nitrogens with zero attached hydrogens (tertiary/aromatic N) is 10. The van der Waals surface area contributed by atoms with Gasteiger partial charge in [-0.1, -0.05) is 285 Å². The van der Waals surface area contributed by atoms with Crippen LogP contribution in [0.5, 0.6) is 0 Å². The van der Waals surface area contributed by atoms with Crippen LogP contribution in [0.2, 0.25) is 0 Å². The molecule has 0 unspecified atom stereocenters. The minimum absolute atomic E-state index is 0.720. The molecule has 0 aliphatic heterocycles. The summed E-state index contributed by atoms with van der Waals surface area (Å²) in [7, 11) is 0. The highest BCUT2D eigenvalue weighted by Gasteiger charge is 2.29. The molecule has 0 spiro atoms. The van der Waals surface area contributed by atoms with E-state index >= 15 is 0 Å². The first-order valence-corrected chi connectivity index (χ1v) is 44.2. The lowest BCUT2D eigenvalue weighted by atomic mass is 10.1. The van der Waals surface area contributed by atoms with Gasteiger partial charge in [0.05, 0.1) is 80.2 Å². The molecule has 0 aliphatic rings. The quantitative estimate of drug-likeness (QED) is 0.156. The number of rotatable bonds is 7. The molecular formula is C108H62N10OS4. The molecule has 123 heavy (non-hydrogen) atoms. The summed E-state index contributed by atoms with van der Waals surface area (Å²) in [5.74, 6) is 4.93. The van der Waals surface area contributed by atoms with Gasteiger partial charge in [0.2, 0.25) is 0 Å². The average molecular weight is 1640 g/mol. The highest BCUT2D eigenvalue weighted by atomic mass is 32.1. The SMILES string of the molecule is c1ccc(-c2nc(-n3c4ccccc4c4c3ccc3c5ccccc5n(-c5ccccc5)c34)c3sc4ccccc4c3n2)cc1.c1ccc(-c2nc(-n3c4ccccc4c4c5oc6ccccc6c5ccc43)c3sc4ccccc4c3n2)cc1.c1ccc(-c2nc(-n3c4ccccc4c4c5sc6ccccc6c5ccc43)c3sc4ccccc4c3n2)cc1. The summed E-state index contributed by atoms with van der Waals surface area (Å²) in [5, 5.41) is 18.1. The Kier molecular flexibility index (Phi) is 15.6. The zero-order valence-corrected chi connectivity index (χ0v) is 68.6. The normalized spacial score (nSPS) is 12.1. The lowest BCUT2D eigenvalue weighted by Gasteiger charge is -2.11. The number of furan rings is 1. The van der Waals surface area contributed by atoms with Crippen LogP contribution < -0.4 is 0 Å². The van der Waals surface area contributed by atoms with Gasteiger partial charge in [-0.15, -0.1) is 45.3 Å². The molecule has 574 valence electrons. The molecule has 0 amide bonds. The summed E-state index contributed by atoms with van der Waals surface area (Å²) in [6.45, 7) is 0. The van der Waals surface area contributed by atoms with Crippen molar-refractivity contribution < 1.29 is 4.42 Å². The molecule has 0 saturated heterocycles. The van der Waals surface area contributed by atoms with Gasteiger partial charge in [0.1, 0.15) is 11.2 Å². The second kappa shape index (κ2) is 27.6. The maximum atomic E-state index is 6.51. The topological polar surface area (TPSA) is 110 Å². The summed E-state index contributed by atoms with van der Waals surface area (Å²) < 4.78 is 25.5. The van der Waals surface area contributed by atoms with Crippen LogP contribution in [0.15, 0.2) is 381 Å². The molecule has 11 nitrogen and oxygen atoms in total. The van der Waals surface area contributed by atoms with E-state index in [2.05, 4.69) is 328 Å². The van der Waals surface area contributed by atoms with E-state index in [0.29, 0.717) is 0 Å². The van der Waals surface area contributed by atoms with Crippen molar-refractivity contribution in [1.82, 2.24) is 48.2 Å². The van der Waals surface area contributed by atoms with E-state index in [-0.39, 0.29) is 0 Å². The van der Waals surface area contributed by atoms with Crippen LogP contribution in [0, 0.1) is 0 Å². The lowest BCUT2D eigenvalue weighted by Crippen LogP contribution is -2.01. The monoisotopic (exact) mass is 1640 g/mol. The number of thiophene rings is 4. The fourth-order valence-corrected chi connectivity index (χ4v) is 23.5. The lowest BCUT2D eigenvalue weighted by molar-refractivity contribution is 0.673. The summed E-state index contributed by atoms with van der Waals surface area (Å²) in [6, 6.07) is 132. The Labute approximate surface area is 716 Å². The van der Waals surface area contributed by atoms with Crippen LogP contribution in [0.25, 0.3) is 248 Å². The van der Waals surface area contributed by atoms with Crippen LogP contribution >= 0.6 is 45.3 Å². The van der Waals surface area contributed by atoms with E-state index in [4.69, 9.17) is 34.3 Å². The maximum Gasteiger partial charge on any atom is 0.162 e. The van der Waals surface area contributed by atoms with Crippen LogP contribution in [0.1, 0.15) is 0 Å². The molecule has 12 aromatic heterocycles. The molecule has 0 bridgehead atoms. The number of benzene rings is 16. The van der Waals surface area contributed by atoms with E-state index in [0.717, 1.165) is 159 Å². The fraction of sp³-hybridized carbons (Fsp3) is 0. The van der Waals surface area contributed by atoms with Gasteiger partial charge in [0.25, 0.3) is 0 Å². The van der Waals surface area contributed by atoms with Gasteiger partial charge in [-0.25, -0.2) is 29.9 Å². The minimum atomic E-state index is 0.720. The molecular weight excluding hydrogens is 1580 g/mol. The van der Waals surface area contributed by atoms with Gasteiger partial charge in [-0.05, 0) is 91.0 Å². The Bertz CT molecular complexity index is 8890. The molecule has 28 aromatic rings. The number of hydrogen-bond acceptors (Lipinski definition) is 11. The van der Waals surface area contributed by atoms with E-state index in [1.54, 1.807) is 34.0 Å². The average Bonchev–Trinajstić information content (AvgIpc) is 1.56. The van der Waals surface area contributed by atoms with Crippen molar-refractivity contribution in [1.29, 1.82) is 0 Å². The van der Waals surface area contributed by atoms with Crippen LogP contribution in [0.4, 0.5) is 0 Å². The van der Waals surface area contributed by atoms with Gasteiger partial charge >= 0.3 is 0 Å². The van der Waals surface area contributed by atoms with Crippen LogP contribution in [-0.2, 0) is 0 Å². The molecule has 0 radical (unpaired) electrons. The van der Waals surface area contributed by atoms with Crippen molar-refractivity contribution in [3.05, 3.63) is 376 Å². The third kappa shape index (κ3) is 10.7. The van der Waals surface area contributed by atoms with Crippen molar-refractivity contribution in [2.24, 2.45) is 0 Å². The third-order valence-corrected chi connectivity index (χ3v) is 28.9. The van der Waals surface area contributed by atoms with Crippen molar-refractivity contribution in [2.75, 3.05) is 0 Å². The number of fused-ring (bicyclic) bond motifs is 30. The first kappa shape index (κ1) is 69.6. The molecule has 0 aliphatic carbocycles. The standard InChI is InChI=1S/C40H24N4S.C34H19N3OS.C34H19N3S2/c1-3-13-25(14-4-1)39-41-36-30-19-9-12-22-34(30)45-38(36)40(42-39)44-32-21-11-8-18-29(32)35-33(44)24-23-28-27-17-7-10-20-31(27)43(37(28)35)26-15-5-2-6-16-26;2*1-2-10-20(11-3-1)33-35-30-24-14-6-9-17-28(24)39-32(30)34(36-33)37-25-15-7-4-13-23(25)29-26(37)19-18-22-21-12-5-8-16-27(21)38-31(22)29/h1-24H;2*1-19H. The first-order chi connectivity index (χ1) is 61.0. The smallest absolute Gasteiger partial charge is 0.162 e. The van der Waals surface area contributed by atoms with Crippen LogP contribution in [0.3, 0.4) is 0 Å². The van der Waals surface area contributed by atoms with Gasteiger partial charge < -0.3 is 8.98 Å². The van der Waals surface area contributed by atoms with Crippen LogP contribution in [-0.4, -0.2) is 48.2 Å². The molecule has 0 saturated carbocycles. The van der Waals surface area contributed by atoms with Crippen molar-refractivity contribution >= 4 is 236 Å². The van der Waals surface area contributed by atoms with Gasteiger partial charge in [0, 0.05) is 121 Å². The predicted molar refractivity (Wildman–Crippen MR) is 519 cm³/mol. The van der Waals surface area contributed by atoms with Crippen molar-refractivity contribution in [2.45, 2.75) is 0 Å². The van der Waals surface area contributed by atoms with Gasteiger partial charge in [-0.3, -0.25) is 13.7 Å². The predicted octanol–water partition coefficient (Wildman–Crippen LogP) is 30.2.